The number of hydrogen-bond acceptors (Lipinski definition) is 5. The zero-order valence-electron chi connectivity index (χ0n) is 20.1. The minimum absolute atomic E-state index is 0.114. The van der Waals surface area contributed by atoms with E-state index in [9.17, 15) is 9.59 Å². The van der Waals surface area contributed by atoms with Crippen molar-refractivity contribution >= 4 is 5.91 Å². The summed E-state index contributed by atoms with van der Waals surface area (Å²) in [5.41, 5.74) is 1.16. The molecule has 3 heterocycles. The Kier molecular flexibility index (Phi) is 8.18. The number of rotatable bonds is 9. The minimum Gasteiger partial charge on any atom is -0.496 e. The predicted molar refractivity (Wildman–Crippen MR) is 126 cm³/mol. The Labute approximate surface area is 190 Å². The Morgan fingerprint density at radius 1 is 1.19 bits per heavy atom. The molecular formula is C25H37N3O4. The van der Waals surface area contributed by atoms with Gasteiger partial charge in [0.25, 0.3) is 11.5 Å². The Bertz CT molecular complexity index is 976. The van der Waals surface area contributed by atoms with Crippen molar-refractivity contribution in [3.05, 3.63) is 51.3 Å². The highest BCUT2D eigenvalue weighted by atomic mass is 16.5. The molecule has 0 saturated carbocycles. The summed E-state index contributed by atoms with van der Waals surface area (Å²) >= 11 is 0. The number of hydrogen-bond donors (Lipinski definition) is 1. The van der Waals surface area contributed by atoms with Gasteiger partial charge in [-0.2, -0.15) is 0 Å². The molecule has 1 unspecified atom stereocenters. The van der Waals surface area contributed by atoms with E-state index in [-0.39, 0.29) is 11.5 Å². The van der Waals surface area contributed by atoms with Gasteiger partial charge in [0.15, 0.2) is 0 Å². The molecule has 176 valence electrons. The number of carbonyl (C=O) groups is 1. The van der Waals surface area contributed by atoms with E-state index < -0.39 is 0 Å². The van der Waals surface area contributed by atoms with Crippen LogP contribution in [0.3, 0.4) is 0 Å². The average Bonchev–Trinajstić information content (AvgIpc) is 3.07. The minimum atomic E-state index is -0.165. The third kappa shape index (κ3) is 5.82. The van der Waals surface area contributed by atoms with Gasteiger partial charge in [0.05, 0.1) is 7.11 Å². The van der Waals surface area contributed by atoms with E-state index in [1.165, 1.54) is 13.2 Å². The Morgan fingerprint density at radius 3 is 2.62 bits per heavy atom. The van der Waals surface area contributed by atoms with Crippen LogP contribution in [-0.2, 0) is 13.0 Å². The molecule has 7 heteroatoms. The highest BCUT2D eigenvalue weighted by molar-refractivity contribution is 5.98. The number of ether oxygens (including phenoxy) is 1. The fourth-order valence-electron chi connectivity index (χ4n) is 4.22. The van der Waals surface area contributed by atoms with E-state index in [0.717, 1.165) is 49.7 Å². The van der Waals surface area contributed by atoms with Gasteiger partial charge in [-0.1, -0.05) is 20.8 Å². The van der Waals surface area contributed by atoms with E-state index in [2.05, 4.69) is 31.0 Å². The van der Waals surface area contributed by atoms with Gasteiger partial charge in [-0.3, -0.25) is 9.59 Å². The summed E-state index contributed by atoms with van der Waals surface area (Å²) in [7, 11) is 1.51. The standard InChI is InChI=1S/C25H37N3O4/c1-17(2)8-11-26-25(30)24-20-10-13-27(12-9-18(3)21-7-6-19(4)32-21)14-15-28(20)23(29)16-22(24)31-5/h6-7,16-18H,8-15H2,1-5H3,(H,26,30). The van der Waals surface area contributed by atoms with E-state index in [1.54, 1.807) is 4.57 Å². The number of nitrogens with one attached hydrogen (secondary N) is 1. The van der Waals surface area contributed by atoms with Crippen molar-refractivity contribution in [1.82, 2.24) is 14.8 Å². The molecule has 0 radical (unpaired) electrons. The maximum Gasteiger partial charge on any atom is 0.256 e. The normalized spacial score (nSPS) is 15.3. The van der Waals surface area contributed by atoms with Crippen LogP contribution in [0.15, 0.2) is 27.4 Å². The SMILES string of the molecule is COc1cc(=O)n2c(c1C(=O)NCCC(C)C)CCN(CCC(C)c1ccc(C)o1)CC2. The molecule has 0 bridgehead atoms. The molecule has 32 heavy (non-hydrogen) atoms. The fraction of sp³-hybridized carbons (Fsp3) is 0.600. The average molecular weight is 444 g/mol. The lowest BCUT2D eigenvalue weighted by molar-refractivity contribution is 0.0946. The molecule has 7 nitrogen and oxygen atoms in total. The van der Waals surface area contributed by atoms with Crippen molar-refractivity contribution in [3.63, 3.8) is 0 Å². The van der Waals surface area contributed by atoms with Crippen LogP contribution in [0, 0.1) is 12.8 Å². The lowest BCUT2D eigenvalue weighted by Gasteiger charge is -2.21. The van der Waals surface area contributed by atoms with Crippen molar-refractivity contribution in [3.8, 4) is 5.75 Å². The summed E-state index contributed by atoms with van der Waals surface area (Å²) in [6.45, 7) is 12.1. The van der Waals surface area contributed by atoms with Gasteiger partial charge in [0.1, 0.15) is 22.8 Å². The van der Waals surface area contributed by atoms with Crippen molar-refractivity contribution < 1.29 is 13.9 Å². The largest absolute Gasteiger partial charge is 0.496 e. The highest BCUT2D eigenvalue weighted by Gasteiger charge is 2.25. The molecule has 1 aliphatic heterocycles. The Morgan fingerprint density at radius 2 is 1.97 bits per heavy atom. The molecule has 1 atom stereocenters. The predicted octanol–water partition coefficient (Wildman–Crippen LogP) is 3.59. The van der Waals surface area contributed by atoms with Crippen molar-refractivity contribution in [2.45, 2.75) is 59.4 Å². The van der Waals surface area contributed by atoms with Crippen LogP contribution < -0.4 is 15.6 Å². The second kappa shape index (κ2) is 10.9. The molecular weight excluding hydrogens is 406 g/mol. The zero-order chi connectivity index (χ0) is 23.3. The molecule has 1 amide bonds. The first-order valence-corrected chi connectivity index (χ1v) is 11.7. The molecule has 0 spiro atoms. The lowest BCUT2D eigenvalue weighted by Crippen LogP contribution is -2.32. The third-order valence-electron chi connectivity index (χ3n) is 6.27. The molecule has 1 aliphatic rings. The van der Waals surface area contributed by atoms with Crippen LogP contribution in [0.1, 0.15) is 67.1 Å². The molecule has 0 saturated heterocycles. The number of carbonyl (C=O) groups excluding carboxylic acids is 1. The van der Waals surface area contributed by atoms with Gasteiger partial charge in [-0.25, -0.2) is 0 Å². The lowest BCUT2D eigenvalue weighted by atomic mass is 10.0. The summed E-state index contributed by atoms with van der Waals surface area (Å²) < 4.78 is 13.0. The van der Waals surface area contributed by atoms with Gasteiger partial charge in [-0.15, -0.1) is 0 Å². The fourth-order valence-corrected chi connectivity index (χ4v) is 4.22. The molecule has 3 rings (SSSR count). The van der Waals surface area contributed by atoms with Crippen molar-refractivity contribution in [1.29, 1.82) is 0 Å². The first kappa shape index (κ1) is 24.1. The number of amides is 1. The molecule has 2 aromatic rings. The summed E-state index contributed by atoms with van der Waals surface area (Å²) in [6, 6.07) is 5.49. The van der Waals surface area contributed by atoms with Crippen LogP contribution >= 0.6 is 0 Å². The zero-order valence-corrected chi connectivity index (χ0v) is 20.1. The Balaban J connectivity index is 1.72. The second-order valence-corrected chi connectivity index (χ2v) is 9.19. The first-order chi connectivity index (χ1) is 15.3. The monoisotopic (exact) mass is 443 g/mol. The van der Waals surface area contributed by atoms with Crippen LogP contribution in [0.25, 0.3) is 0 Å². The molecule has 1 N–H and O–H groups in total. The van der Waals surface area contributed by atoms with Crippen LogP contribution in [0.4, 0.5) is 0 Å². The number of fused-ring (bicyclic) bond motifs is 1. The molecule has 2 aromatic heterocycles. The van der Waals surface area contributed by atoms with Crippen molar-refractivity contribution in [2.24, 2.45) is 5.92 Å². The van der Waals surface area contributed by atoms with E-state index in [1.807, 2.05) is 19.1 Å². The number of furan rings is 1. The van der Waals surface area contributed by atoms with Crippen LogP contribution in [0.5, 0.6) is 5.75 Å². The number of pyridine rings is 1. The maximum atomic E-state index is 13.0. The van der Waals surface area contributed by atoms with Crippen LogP contribution in [0.2, 0.25) is 0 Å². The number of methoxy groups -OCH3 is 1. The van der Waals surface area contributed by atoms with E-state index >= 15 is 0 Å². The summed E-state index contributed by atoms with van der Waals surface area (Å²) in [5.74, 6) is 2.99. The molecule has 0 aliphatic carbocycles. The number of aryl methyl sites for hydroxylation is 1. The maximum absolute atomic E-state index is 13.0. The smallest absolute Gasteiger partial charge is 0.256 e. The van der Waals surface area contributed by atoms with Gasteiger partial charge in [0, 0.05) is 50.3 Å². The summed E-state index contributed by atoms with van der Waals surface area (Å²) in [6.07, 6.45) is 2.52. The first-order valence-electron chi connectivity index (χ1n) is 11.7. The topological polar surface area (TPSA) is 76.7 Å². The second-order valence-electron chi connectivity index (χ2n) is 9.19. The van der Waals surface area contributed by atoms with E-state index in [4.69, 9.17) is 9.15 Å². The quantitative estimate of drug-likeness (QED) is 0.641. The summed E-state index contributed by atoms with van der Waals surface area (Å²) in [4.78, 5) is 28.1. The van der Waals surface area contributed by atoms with Gasteiger partial charge in [-0.05, 0) is 44.4 Å². The Hall–Kier alpha value is -2.54. The summed E-state index contributed by atoms with van der Waals surface area (Å²) in [5, 5.41) is 3.01. The number of nitrogens with zero attached hydrogens (tertiary/aromatic N) is 2. The van der Waals surface area contributed by atoms with Crippen molar-refractivity contribution in [2.75, 3.05) is 33.3 Å². The van der Waals surface area contributed by atoms with Gasteiger partial charge in [0.2, 0.25) is 0 Å². The third-order valence-corrected chi connectivity index (χ3v) is 6.27. The van der Waals surface area contributed by atoms with Crippen LogP contribution in [-0.4, -0.2) is 48.7 Å². The molecule has 0 fully saturated rings. The highest BCUT2D eigenvalue weighted by Crippen LogP contribution is 2.24. The van der Waals surface area contributed by atoms with E-state index in [0.29, 0.717) is 42.7 Å². The van der Waals surface area contributed by atoms with Gasteiger partial charge >= 0.3 is 0 Å². The number of aromatic nitrogens is 1. The van der Waals surface area contributed by atoms with Gasteiger partial charge < -0.3 is 23.9 Å². The molecule has 0 aromatic carbocycles.